The van der Waals surface area contributed by atoms with Crippen molar-refractivity contribution in [3.05, 3.63) is 36.3 Å². The zero-order valence-corrected chi connectivity index (χ0v) is 7.23. The fourth-order valence-corrected chi connectivity index (χ4v) is 0.989. The van der Waals surface area contributed by atoms with E-state index in [9.17, 15) is 5.11 Å². The molecule has 0 fully saturated rings. The van der Waals surface area contributed by atoms with Crippen LogP contribution < -0.4 is 0 Å². The van der Waals surface area contributed by atoms with Crippen LogP contribution >= 0.6 is 0 Å². The quantitative estimate of drug-likeness (QED) is 0.697. The van der Waals surface area contributed by atoms with Crippen molar-refractivity contribution in [3.8, 4) is 0 Å². The van der Waals surface area contributed by atoms with E-state index in [2.05, 4.69) is 6.92 Å². The average Bonchev–Trinajstić information content (AvgIpc) is 2.56. The number of hydrogen-bond donors (Lipinski definition) is 1. The van der Waals surface area contributed by atoms with E-state index in [0.717, 1.165) is 6.42 Å². The van der Waals surface area contributed by atoms with Crippen LogP contribution in [0.1, 0.15) is 31.6 Å². The first-order valence-electron chi connectivity index (χ1n) is 4.21. The van der Waals surface area contributed by atoms with Crippen molar-refractivity contribution in [2.24, 2.45) is 0 Å². The summed E-state index contributed by atoms with van der Waals surface area (Å²) in [6.07, 6.45) is 6.70. The predicted molar refractivity (Wildman–Crippen MR) is 47.7 cm³/mol. The van der Waals surface area contributed by atoms with Gasteiger partial charge in [-0.15, -0.1) is 0 Å². The molecule has 0 aliphatic carbocycles. The highest BCUT2D eigenvalue weighted by atomic mass is 16.4. The number of rotatable bonds is 4. The van der Waals surface area contributed by atoms with Crippen LogP contribution in [-0.2, 0) is 0 Å². The number of aliphatic hydroxyl groups excluding tert-OH is 1. The largest absolute Gasteiger partial charge is 0.467 e. The summed E-state index contributed by atoms with van der Waals surface area (Å²) >= 11 is 0. The first kappa shape index (κ1) is 9.07. The molecule has 0 saturated heterocycles. The molecule has 0 spiro atoms. The fourth-order valence-electron chi connectivity index (χ4n) is 0.989. The third kappa shape index (κ3) is 2.55. The number of aliphatic hydroxyl groups is 1. The zero-order valence-electron chi connectivity index (χ0n) is 7.23. The molecule has 0 aromatic carbocycles. The first-order chi connectivity index (χ1) is 5.84. The standard InChI is InChI=1S/C10H14O2/c1-2-3-4-6-9(11)10-7-5-8-12-10/h3-5,7-9,11H,2,6H2,1H3/b4-3+. The Labute approximate surface area is 72.5 Å². The molecule has 2 heteroatoms. The molecule has 0 aliphatic heterocycles. The Bertz CT molecular complexity index is 224. The zero-order chi connectivity index (χ0) is 8.81. The highest BCUT2D eigenvalue weighted by Crippen LogP contribution is 2.16. The van der Waals surface area contributed by atoms with Gasteiger partial charge in [-0.2, -0.15) is 0 Å². The lowest BCUT2D eigenvalue weighted by Gasteiger charge is -2.02. The third-order valence-corrected chi connectivity index (χ3v) is 1.63. The molecule has 1 aromatic rings. The molecule has 0 amide bonds. The van der Waals surface area contributed by atoms with Gasteiger partial charge in [0.1, 0.15) is 11.9 Å². The van der Waals surface area contributed by atoms with E-state index in [1.807, 2.05) is 12.2 Å². The summed E-state index contributed by atoms with van der Waals surface area (Å²) in [6, 6.07) is 3.56. The smallest absolute Gasteiger partial charge is 0.132 e. The van der Waals surface area contributed by atoms with Crippen molar-refractivity contribution in [3.63, 3.8) is 0 Å². The second-order valence-corrected chi connectivity index (χ2v) is 2.65. The molecule has 66 valence electrons. The summed E-state index contributed by atoms with van der Waals surface area (Å²) in [5.74, 6) is 0.635. The average molecular weight is 166 g/mol. The lowest BCUT2D eigenvalue weighted by molar-refractivity contribution is 0.153. The van der Waals surface area contributed by atoms with Crippen molar-refractivity contribution >= 4 is 0 Å². The maximum absolute atomic E-state index is 9.49. The number of allylic oxidation sites excluding steroid dienone is 1. The molecular formula is C10H14O2. The molecule has 0 bridgehead atoms. The van der Waals surface area contributed by atoms with Crippen molar-refractivity contribution in [1.29, 1.82) is 0 Å². The maximum Gasteiger partial charge on any atom is 0.132 e. The molecule has 1 rings (SSSR count). The van der Waals surface area contributed by atoms with Gasteiger partial charge in [0, 0.05) is 0 Å². The van der Waals surface area contributed by atoms with Gasteiger partial charge in [-0.25, -0.2) is 0 Å². The van der Waals surface area contributed by atoms with Crippen molar-refractivity contribution in [1.82, 2.24) is 0 Å². The molecule has 0 aliphatic rings. The minimum absolute atomic E-state index is 0.497. The van der Waals surface area contributed by atoms with E-state index in [1.54, 1.807) is 18.4 Å². The Morgan fingerprint density at radius 3 is 3.00 bits per heavy atom. The summed E-state index contributed by atoms with van der Waals surface area (Å²) in [4.78, 5) is 0. The van der Waals surface area contributed by atoms with Crippen LogP contribution in [-0.4, -0.2) is 5.11 Å². The van der Waals surface area contributed by atoms with E-state index >= 15 is 0 Å². The minimum Gasteiger partial charge on any atom is -0.467 e. The van der Waals surface area contributed by atoms with Gasteiger partial charge in [-0.3, -0.25) is 0 Å². The second-order valence-electron chi connectivity index (χ2n) is 2.65. The Balaban J connectivity index is 2.39. The van der Waals surface area contributed by atoms with Crippen molar-refractivity contribution < 1.29 is 9.52 Å². The van der Waals surface area contributed by atoms with E-state index in [-0.39, 0.29) is 0 Å². The van der Waals surface area contributed by atoms with Crippen LogP contribution in [0.25, 0.3) is 0 Å². The third-order valence-electron chi connectivity index (χ3n) is 1.63. The van der Waals surface area contributed by atoms with E-state index < -0.39 is 6.10 Å². The Kier molecular flexibility index (Phi) is 3.61. The summed E-state index contributed by atoms with van der Waals surface area (Å²) in [6.45, 7) is 2.07. The van der Waals surface area contributed by atoms with E-state index in [1.165, 1.54) is 0 Å². The van der Waals surface area contributed by atoms with Crippen LogP contribution in [0, 0.1) is 0 Å². The summed E-state index contributed by atoms with van der Waals surface area (Å²) in [5, 5.41) is 9.49. The maximum atomic E-state index is 9.49. The minimum atomic E-state index is -0.497. The fraction of sp³-hybridized carbons (Fsp3) is 0.400. The molecule has 12 heavy (non-hydrogen) atoms. The molecule has 1 N–H and O–H groups in total. The summed E-state index contributed by atoms with van der Waals surface area (Å²) in [7, 11) is 0. The topological polar surface area (TPSA) is 33.4 Å². The highest BCUT2D eigenvalue weighted by Gasteiger charge is 2.06. The van der Waals surface area contributed by atoms with Gasteiger partial charge in [-0.1, -0.05) is 19.1 Å². The summed E-state index contributed by atoms with van der Waals surface area (Å²) < 4.78 is 5.04. The van der Waals surface area contributed by atoms with Crippen LogP contribution in [0.3, 0.4) is 0 Å². The molecular weight excluding hydrogens is 152 g/mol. The van der Waals surface area contributed by atoms with Crippen molar-refractivity contribution in [2.75, 3.05) is 0 Å². The number of hydrogen-bond acceptors (Lipinski definition) is 2. The monoisotopic (exact) mass is 166 g/mol. The van der Waals surface area contributed by atoms with E-state index in [0.29, 0.717) is 12.2 Å². The Morgan fingerprint density at radius 1 is 1.58 bits per heavy atom. The van der Waals surface area contributed by atoms with Gasteiger partial charge in [0.15, 0.2) is 0 Å². The Morgan fingerprint density at radius 2 is 2.42 bits per heavy atom. The van der Waals surface area contributed by atoms with Gasteiger partial charge in [0.05, 0.1) is 6.26 Å². The first-order valence-corrected chi connectivity index (χ1v) is 4.21. The van der Waals surface area contributed by atoms with E-state index in [4.69, 9.17) is 4.42 Å². The van der Waals surface area contributed by atoms with Gasteiger partial charge < -0.3 is 9.52 Å². The second kappa shape index (κ2) is 4.78. The van der Waals surface area contributed by atoms with Crippen LogP contribution in [0.5, 0.6) is 0 Å². The normalized spacial score (nSPS) is 13.8. The molecule has 2 nitrogen and oxygen atoms in total. The van der Waals surface area contributed by atoms with Crippen molar-refractivity contribution in [2.45, 2.75) is 25.9 Å². The lowest BCUT2D eigenvalue weighted by Crippen LogP contribution is -1.92. The predicted octanol–water partition coefficient (Wildman–Crippen LogP) is 2.67. The van der Waals surface area contributed by atoms with Crippen LogP contribution in [0.15, 0.2) is 35.0 Å². The lowest BCUT2D eigenvalue weighted by atomic mass is 10.2. The molecule has 1 atom stereocenters. The molecule has 0 saturated carbocycles. The summed E-state index contributed by atoms with van der Waals surface area (Å²) in [5.41, 5.74) is 0. The molecule has 1 aromatic heterocycles. The molecule has 1 unspecified atom stereocenters. The van der Waals surface area contributed by atoms with Gasteiger partial charge >= 0.3 is 0 Å². The molecule has 0 radical (unpaired) electrons. The van der Waals surface area contributed by atoms with Gasteiger partial charge in [0.25, 0.3) is 0 Å². The highest BCUT2D eigenvalue weighted by molar-refractivity contribution is 5.03. The SMILES string of the molecule is CC/C=C/CC(O)c1ccco1. The van der Waals surface area contributed by atoms with Crippen LogP contribution in [0.2, 0.25) is 0 Å². The number of furan rings is 1. The van der Waals surface area contributed by atoms with Gasteiger partial charge in [-0.05, 0) is 25.0 Å². The van der Waals surface area contributed by atoms with Gasteiger partial charge in [0.2, 0.25) is 0 Å². The molecule has 1 heterocycles. The van der Waals surface area contributed by atoms with Crippen LogP contribution in [0.4, 0.5) is 0 Å². The Hall–Kier alpha value is -1.02.